The first kappa shape index (κ1) is 20.0. The first-order chi connectivity index (χ1) is 14.6. The monoisotopic (exact) mass is 446 g/mol. The molecule has 4 rings (SSSR count). The van der Waals surface area contributed by atoms with Gasteiger partial charge < -0.3 is 18.9 Å². The lowest BCUT2D eigenvalue weighted by molar-refractivity contribution is 0.136. The van der Waals surface area contributed by atoms with Gasteiger partial charge in [0.15, 0.2) is 6.61 Å². The summed E-state index contributed by atoms with van der Waals surface area (Å²) >= 11 is 0. The Labute approximate surface area is 179 Å². The summed E-state index contributed by atoms with van der Waals surface area (Å²) in [5, 5.41) is 4.44. The summed E-state index contributed by atoms with van der Waals surface area (Å²) in [7, 11) is 5.93. The molecule has 1 aromatic rings. The van der Waals surface area contributed by atoms with Gasteiger partial charge in [-0.1, -0.05) is 26.8 Å². The van der Waals surface area contributed by atoms with Crippen molar-refractivity contribution in [3.63, 3.8) is 0 Å². The van der Waals surface area contributed by atoms with Crippen LogP contribution in [-0.4, -0.2) is 38.1 Å². The number of nitrogens with one attached hydrogen (secondary N) is 1. The van der Waals surface area contributed by atoms with Crippen molar-refractivity contribution >= 4 is 32.5 Å². The highest BCUT2D eigenvalue weighted by atomic mass is 32.9. The van der Waals surface area contributed by atoms with Crippen LogP contribution in [0.4, 0.5) is 10.5 Å². The van der Waals surface area contributed by atoms with E-state index in [2.05, 4.69) is 5.32 Å². The first-order valence-electron chi connectivity index (χ1n) is 8.89. The number of carbonyl (C=O) groups is 1. The number of anilines is 1. The third-order valence-electron chi connectivity index (χ3n) is 4.39. The van der Waals surface area contributed by atoms with Crippen LogP contribution in [0.3, 0.4) is 0 Å². The largest absolute Gasteiger partial charge is 0.497 e. The highest BCUT2D eigenvalue weighted by Crippen LogP contribution is 2.40. The third-order valence-corrected chi connectivity index (χ3v) is 6.47. The summed E-state index contributed by atoms with van der Waals surface area (Å²) in [4.78, 5) is 26.2. The molecule has 0 fully saturated rings. The Hall–Kier alpha value is -3.24. The molecule has 1 aromatic carbocycles. The van der Waals surface area contributed by atoms with Gasteiger partial charge in [0.25, 0.3) is 5.56 Å². The van der Waals surface area contributed by atoms with Gasteiger partial charge in [-0.25, -0.2) is 4.79 Å². The zero-order valence-electron chi connectivity index (χ0n) is 16.2. The average Bonchev–Trinajstić information content (AvgIpc) is 3.34. The zero-order valence-corrected chi connectivity index (χ0v) is 17.8. The Bertz CT molecular complexity index is 1160. The molecule has 1 amide bonds. The molecule has 3 heterocycles. The minimum atomic E-state index is -0.731. The fraction of sp³-hybridized carbons (Fsp3) is 0.200. The molecule has 0 aromatic heterocycles. The van der Waals surface area contributed by atoms with E-state index in [4.69, 9.17) is 18.9 Å². The van der Waals surface area contributed by atoms with Crippen LogP contribution >= 0.6 is 20.7 Å². The van der Waals surface area contributed by atoms with Crippen molar-refractivity contribution in [2.75, 3.05) is 32.8 Å². The van der Waals surface area contributed by atoms with Crippen molar-refractivity contribution in [2.45, 2.75) is 0 Å². The van der Waals surface area contributed by atoms with Gasteiger partial charge in [-0.3, -0.25) is 14.7 Å². The number of ether oxygens (including phenoxy) is 4. The van der Waals surface area contributed by atoms with E-state index in [1.165, 1.54) is 32.4 Å². The molecule has 0 aliphatic carbocycles. The summed E-state index contributed by atoms with van der Waals surface area (Å²) in [6, 6.07) is 5.18. The molecule has 0 atom stereocenters. The quantitative estimate of drug-likeness (QED) is 0.574. The van der Waals surface area contributed by atoms with Crippen LogP contribution in [0.5, 0.6) is 11.5 Å². The molecule has 0 saturated heterocycles. The van der Waals surface area contributed by atoms with Crippen molar-refractivity contribution in [3.05, 3.63) is 57.9 Å². The molecule has 0 unspecified atom stereocenters. The number of nitrogens with zero attached hydrogens (tertiary/aromatic N) is 1. The summed E-state index contributed by atoms with van der Waals surface area (Å²) in [5.74, 6) is 1.62. The minimum absolute atomic E-state index is 0.0203. The van der Waals surface area contributed by atoms with Crippen LogP contribution in [0, 0.1) is 0 Å². The molecule has 0 spiro atoms. The number of allylic oxidation sites excluding steroid dienone is 2. The minimum Gasteiger partial charge on any atom is -0.497 e. The number of amides is 1. The Kier molecular flexibility index (Phi) is 5.77. The maximum Gasteiger partial charge on any atom is 0.412 e. The number of aromatic nitrogens is 1. The molecule has 0 radical (unpaired) electrons. The van der Waals surface area contributed by atoms with Crippen molar-refractivity contribution < 1.29 is 23.7 Å². The Balaban J connectivity index is 1.63. The van der Waals surface area contributed by atoms with E-state index in [9.17, 15) is 9.59 Å². The smallest absolute Gasteiger partial charge is 0.412 e. The zero-order chi connectivity index (χ0) is 21.1. The normalized spacial score (nSPS) is 12.9. The maximum atomic E-state index is 13.2. The van der Waals surface area contributed by atoms with Crippen molar-refractivity contribution in [1.82, 2.24) is 4.57 Å². The van der Waals surface area contributed by atoms with Crippen LogP contribution in [0.2, 0.25) is 0 Å². The van der Waals surface area contributed by atoms with Gasteiger partial charge in [-0.15, -0.1) is 0 Å². The van der Waals surface area contributed by atoms with E-state index in [1.54, 1.807) is 31.4 Å². The standard InChI is InChI=1S/C20H18N2O6S2/c1-25-12-6-7-14(16(9-12)26-2)22-15-11-29-30-18(15)17(19(22)23)21-20(24)28-10-13-5-3-4-8-27-13/h3-7,9,11H,8,10H2,1-2H3,(H,21,24). The Morgan fingerprint density at radius 3 is 2.90 bits per heavy atom. The van der Waals surface area contributed by atoms with Crippen LogP contribution < -0.4 is 20.3 Å². The summed E-state index contributed by atoms with van der Waals surface area (Å²) in [5.41, 5.74) is 1.02. The Morgan fingerprint density at radius 2 is 2.17 bits per heavy atom. The fourth-order valence-electron chi connectivity index (χ4n) is 2.97. The van der Waals surface area contributed by atoms with E-state index in [1.807, 2.05) is 17.5 Å². The van der Waals surface area contributed by atoms with Gasteiger partial charge >= 0.3 is 6.09 Å². The Morgan fingerprint density at radius 1 is 1.30 bits per heavy atom. The number of methoxy groups -OCH3 is 2. The molecule has 10 heteroatoms. The van der Waals surface area contributed by atoms with Gasteiger partial charge in [0.2, 0.25) is 0 Å². The number of fused-ring (bicyclic) bond motifs is 1. The second-order valence-corrected chi connectivity index (χ2v) is 8.22. The van der Waals surface area contributed by atoms with Crippen LogP contribution in [0.25, 0.3) is 16.3 Å². The third kappa shape index (κ3) is 3.79. The average molecular weight is 447 g/mol. The van der Waals surface area contributed by atoms with Crippen molar-refractivity contribution in [3.8, 4) is 27.8 Å². The molecule has 30 heavy (non-hydrogen) atoms. The summed E-state index contributed by atoms with van der Waals surface area (Å²) in [6.07, 6.45) is 4.67. The van der Waals surface area contributed by atoms with Crippen LogP contribution in [-0.2, 0) is 9.47 Å². The SMILES string of the molecule is COc1ccc(-n2c3cssc-3c(NC(=O)OCC3=CC=CCO3)c2=O)c(OC)c1. The molecule has 0 saturated carbocycles. The predicted octanol–water partition coefficient (Wildman–Crippen LogP) is 4.10. The fourth-order valence-corrected chi connectivity index (χ4v) is 5.18. The van der Waals surface area contributed by atoms with Gasteiger partial charge in [0.1, 0.15) is 29.6 Å². The lowest BCUT2D eigenvalue weighted by Gasteiger charge is -2.12. The topological polar surface area (TPSA) is 88.0 Å². The molecular formula is C20H18N2O6S2. The number of hydrogen-bond donors (Lipinski definition) is 1. The molecular weight excluding hydrogens is 428 g/mol. The molecule has 156 valence electrons. The maximum absolute atomic E-state index is 13.2. The molecule has 0 bridgehead atoms. The number of rotatable bonds is 6. The van der Waals surface area contributed by atoms with Crippen LogP contribution in [0.15, 0.2) is 52.4 Å². The second-order valence-electron chi connectivity index (χ2n) is 6.14. The van der Waals surface area contributed by atoms with Gasteiger partial charge in [-0.05, 0) is 24.3 Å². The van der Waals surface area contributed by atoms with Crippen LogP contribution in [0.1, 0.15) is 0 Å². The number of benzene rings is 1. The molecule has 8 nitrogen and oxygen atoms in total. The van der Waals surface area contributed by atoms with Crippen molar-refractivity contribution in [1.29, 1.82) is 0 Å². The van der Waals surface area contributed by atoms with Gasteiger partial charge in [-0.2, -0.15) is 0 Å². The first-order valence-corrected chi connectivity index (χ1v) is 11.1. The van der Waals surface area contributed by atoms with E-state index in [0.717, 1.165) is 0 Å². The predicted molar refractivity (Wildman–Crippen MR) is 116 cm³/mol. The van der Waals surface area contributed by atoms with E-state index >= 15 is 0 Å². The number of carbonyl (C=O) groups excluding carboxylic acids is 1. The van der Waals surface area contributed by atoms with Gasteiger partial charge in [0.05, 0.1) is 30.5 Å². The summed E-state index contributed by atoms with van der Waals surface area (Å²) < 4.78 is 22.7. The molecule has 1 N–H and O–H groups in total. The van der Waals surface area contributed by atoms with E-state index in [0.29, 0.717) is 40.1 Å². The second kappa shape index (κ2) is 8.64. The molecule has 3 aliphatic heterocycles. The lowest BCUT2D eigenvalue weighted by atomic mass is 10.2. The van der Waals surface area contributed by atoms with Gasteiger partial charge in [0, 0.05) is 11.4 Å². The lowest BCUT2D eigenvalue weighted by Crippen LogP contribution is -2.22. The van der Waals surface area contributed by atoms with Crippen molar-refractivity contribution in [2.24, 2.45) is 0 Å². The molecule has 3 aliphatic rings. The number of hydrogen-bond acceptors (Lipinski definition) is 8. The van der Waals surface area contributed by atoms with E-state index in [-0.39, 0.29) is 17.9 Å². The highest BCUT2D eigenvalue weighted by molar-refractivity contribution is 7.70. The highest BCUT2D eigenvalue weighted by Gasteiger charge is 2.27. The van der Waals surface area contributed by atoms with E-state index < -0.39 is 6.09 Å². The summed E-state index contributed by atoms with van der Waals surface area (Å²) in [6.45, 7) is 0.416.